The number of carbonyl (C=O) groups is 2. The van der Waals surface area contributed by atoms with Crippen LogP contribution in [0.5, 0.6) is 0 Å². The zero-order valence-corrected chi connectivity index (χ0v) is 11.8. The summed E-state index contributed by atoms with van der Waals surface area (Å²) in [6.45, 7) is 0.00220. The highest BCUT2D eigenvalue weighted by Crippen LogP contribution is 2.12. The molecule has 1 amide bonds. The quantitative estimate of drug-likeness (QED) is 0.632. The molecule has 7 heteroatoms. The summed E-state index contributed by atoms with van der Waals surface area (Å²) in [5.74, 6) is -0.112. The molecule has 1 aromatic carbocycles. The molecule has 0 saturated heterocycles. The zero-order valence-electron chi connectivity index (χ0n) is 10.9. The second-order valence-corrected chi connectivity index (χ2v) is 5.02. The van der Waals surface area contributed by atoms with Crippen molar-refractivity contribution in [3.8, 4) is 0 Å². The van der Waals surface area contributed by atoms with Crippen molar-refractivity contribution in [1.29, 1.82) is 0 Å². The first kappa shape index (κ1) is 14.3. The van der Waals surface area contributed by atoms with Crippen LogP contribution in [0.2, 0.25) is 0 Å². The van der Waals surface area contributed by atoms with Gasteiger partial charge >= 0.3 is 0 Å². The summed E-state index contributed by atoms with van der Waals surface area (Å²) in [5, 5.41) is 10.8. The summed E-state index contributed by atoms with van der Waals surface area (Å²) < 4.78 is 1.73. The van der Waals surface area contributed by atoms with Gasteiger partial charge in [0.05, 0.1) is 12.3 Å². The molecule has 0 spiro atoms. The van der Waals surface area contributed by atoms with Crippen molar-refractivity contribution in [3.05, 3.63) is 42.2 Å². The first-order valence-electron chi connectivity index (χ1n) is 5.98. The van der Waals surface area contributed by atoms with E-state index in [1.54, 1.807) is 42.2 Å². The van der Waals surface area contributed by atoms with Gasteiger partial charge in [-0.15, -0.1) is 10.2 Å². The number of hydrogen-bond donors (Lipinski definition) is 1. The van der Waals surface area contributed by atoms with E-state index in [0.29, 0.717) is 10.7 Å². The molecule has 0 atom stereocenters. The van der Waals surface area contributed by atoms with E-state index in [0.717, 1.165) is 0 Å². The Bertz CT molecular complexity index is 597. The molecular weight excluding hydrogens is 276 g/mol. The van der Waals surface area contributed by atoms with Crippen LogP contribution in [-0.2, 0) is 11.8 Å². The summed E-state index contributed by atoms with van der Waals surface area (Å²) in [5.41, 5.74) is 0.591. The van der Waals surface area contributed by atoms with Crippen LogP contribution < -0.4 is 5.32 Å². The number of nitrogens with zero attached hydrogens (tertiary/aromatic N) is 3. The third kappa shape index (κ3) is 3.92. The highest BCUT2D eigenvalue weighted by molar-refractivity contribution is 7.99. The maximum absolute atomic E-state index is 11.8. The van der Waals surface area contributed by atoms with Crippen molar-refractivity contribution in [2.45, 2.75) is 5.16 Å². The Morgan fingerprint density at radius 1 is 1.30 bits per heavy atom. The average molecular weight is 290 g/mol. The van der Waals surface area contributed by atoms with Crippen LogP contribution >= 0.6 is 11.8 Å². The maximum Gasteiger partial charge on any atom is 0.230 e. The van der Waals surface area contributed by atoms with Crippen molar-refractivity contribution in [1.82, 2.24) is 20.1 Å². The fourth-order valence-corrected chi connectivity index (χ4v) is 2.21. The summed E-state index contributed by atoms with van der Waals surface area (Å²) in [6, 6.07) is 8.87. The minimum Gasteiger partial charge on any atom is -0.348 e. The van der Waals surface area contributed by atoms with Crippen LogP contribution in [0, 0.1) is 0 Å². The van der Waals surface area contributed by atoms with E-state index in [1.165, 1.54) is 11.8 Å². The minimum atomic E-state index is -0.206. The number of aromatic nitrogens is 3. The average Bonchev–Trinajstić information content (AvgIpc) is 2.89. The van der Waals surface area contributed by atoms with Gasteiger partial charge in [0.25, 0.3) is 0 Å². The maximum atomic E-state index is 11.8. The standard InChI is InChI=1S/C13H14N4O2S/c1-17-9-15-16-13(17)20-8-12(19)14-7-11(18)10-5-3-2-4-6-10/h2-6,9H,7-8H2,1H3,(H,14,19). The number of amides is 1. The topological polar surface area (TPSA) is 76.9 Å². The Morgan fingerprint density at radius 3 is 2.70 bits per heavy atom. The Kier molecular flexibility index (Phi) is 4.89. The molecule has 1 heterocycles. The first-order valence-corrected chi connectivity index (χ1v) is 6.97. The van der Waals surface area contributed by atoms with Crippen molar-refractivity contribution in [2.24, 2.45) is 7.05 Å². The zero-order chi connectivity index (χ0) is 14.4. The number of rotatable bonds is 6. The van der Waals surface area contributed by atoms with Crippen molar-refractivity contribution >= 4 is 23.5 Å². The third-order valence-corrected chi connectivity index (χ3v) is 3.58. The molecule has 104 valence electrons. The van der Waals surface area contributed by atoms with E-state index in [9.17, 15) is 9.59 Å². The van der Waals surface area contributed by atoms with Crippen molar-refractivity contribution < 1.29 is 9.59 Å². The smallest absolute Gasteiger partial charge is 0.230 e. The number of aryl methyl sites for hydroxylation is 1. The number of benzene rings is 1. The van der Waals surface area contributed by atoms with Crippen molar-refractivity contribution in [2.75, 3.05) is 12.3 Å². The summed E-state index contributed by atoms with van der Waals surface area (Å²) in [7, 11) is 1.80. The second kappa shape index (κ2) is 6.85. The molecule has 0 aliphatic rings. The van der Waals surface area contributed by atoms with Gasteiger partial charge in [-0.3, -0.25) is 9.59 Å². The van der Waals surface area contributed by atoms with Crippen LogP contribution in [-0.4, -0.2) is 38.8 Å². The van der Waals surface area contributed by atoms with Crippen molar-refractivity contribution in [3.63, 3.8) is 0 Å². The summed E-state index contributed by atoms with van der Waals surface area (Å²) in [4.78, 5) is 23.4. The molecule has 0 fully saturated rings. The van der Waals surface area contributed by atoms with E-state index in [2.05, 4.69) is 15.5 Å². The third-order valence-electron chi connectivity index (χ3n) is 2.54. The predicted octanol–water partition coefficient (Wildman–Crippen LogP) is 0.906. The van der Waals surface area contributed by atoms with Crippen LogP contribution in [0.25, 0.3) is 0 Å². The van der Waals surface area contributed by atoms with Crippen LogP contribution in [0.15, 0.2) is 41.8 Å². The molecule has 0 aliphatic carbocycles. The van der Waals surface area contributed by atoms with Gasteiger partial charge in [0.1, 0.15) is 6.33 Å². The molecule has 1 N–H and O–H groups in total. The second-order valence-electron chi connectivity index (χ2n) is 4.08. The molecular formula is C13H14N4O2S. The monoisotopic (exact) mass is 290 g/mol. The van der Waals surface area contributed by atoms with Gasteiger partial charge in [-0.1, -0.05) is 42.1 Å². The highest BCUT2D eigenvalue weighted by Gasteiger charge is 2.09. The van der Waals surface area contributed by atoms with Gasteiger partial charge in [0.2, 0.25) is 5.91 Å². The fraction of sp³-hybridized carbons (Fsp3) is 0.231. The lowest BCUT2D eigenvalue weighted by molar-refractivity contribution is -0.118. The van der Waals surface area contributed by atoms with Crippen LogP contribution in [0.3, 0.4) is 0 Å². The molecule has 0 radical (unpaired) electrons. The Labute approximate surface area is 120 Å². The molecule has 0 aliphatic heterocycles. The lowest BCUT2D eigenvalue weighted by atomic mass is 10.1. The lowest BCUT2D eigenvalue weighted by Gasteiger charge is -2.04. The highest BCUT2D eigenvalue weighted by atomic mass is 32.2. The molecule has 0 unspecified atom stereocenters. The minimum absolute atomic E-state index is 0.00220. The molecule has 2 rings (SSSR count). The number of thioether (sulfide) groups is 1. The van der Waals surface area contributed by atoms with Crippen LogP contribution in [0.1, 0.15) is 10.4 Å². The molecule has 6 nitrogen and oxygen atoms in total. The molecule has 20 heavy (non-hydrogen) atoms. The fourth-order valence-electron chi connectivity index (χ4n) is 1.49. The van der Waals surface area contributed by atoms with E-state index in [-0.39, 0.29) is 24.0 Å². The van der Waals surface area contributed by atoms with E-state index >= 15 is 0 Å². The molecule has 2 aromatic rings. The van der Waals surface area contributed by atoms with Gasteiger partial charge in [0.15, 0.2) is 10.9 Å². The van der Waals surface area contributed by atoms with Gasteiger partial charge < -0.3 is 9.88 Å². The van der Waals surface area contributed by atoms with Gasteiger partial charge in [0, 0.05) is 12.6 Å². The first-order chi connectivity index (χ1) is 9.66. The summed E-state index contributed by atoms with van der Waals surface area (Å²) in [6.07, 6.45) is 1.57. The Hall–Kier alpha value is -2.15. The summed E-state index contributed by atoms with van der Waals surface area (Å²) >= 11 is 1.28. The molecule has 1 aromatic heterocycles. The van der Waals surface area contributed by atoms with Gasteiger partial charge in [-0.05, 0) is 0 Å². The molecule has 0 bridgehead atoms. The molecule has 0 saturated carbocycles. The van der Waals surface area contributed by atoms with E-state index < -0.39 is 0 Å². The number of Topliss-reactive ketones (excluding diaryl/α,β-unsaturated/α-hetero) is 1. The predicted molar refractivity (Wildman–Crippen MR) is 75.5 cm³/mol. The number of nitrogens with one attached hydrogen (secondary N) is 1. The normalized spacial score (nSPS) is 10.2. The number of ketones is 1. The Balaban J connectivity index is 1.75. The lowest BCUT2D eigenvalue weighted by Crippen LogP contribution is -2.30. The van der Waals surface area contributed by atoms with E-state index in [4.69, 9.17) is 0 Å². The Morgan fingerprint density at radius 2 is 2.05 bits per heavy atom. The largest absolute Gasteiger partial charge is 0.348 e. The number of hydrogen-bond acceptors (Lipinski definition) is 5. The van der Waals surface area contributed by atoms with Crippen LogP contribution in [0.4, 0.5) is 0 Å². The SMILES string of the molecule is Cn1cnnc1SCC(=O)NCC(=O)c1ccccc1. The number of carbonyl (C=O) groups excluding carboxylic acids is 2. The van der Waals surface area contributed by atoms with Gasteiger partial charge in [-0.2, -0.15) is 0 Å². The van der Waals surface area contributed by atoms with E-state index in [1.807, 2.05) is 6.07 Å². The van der Waals surface area contributed by atoms with Gasteiger partial charge in [-0.25, -0.2) is 0 Å².